The van der Waals surface area contributed by atoms with Gasteiger partial charge in [-0.3, -0.25) is 14.2 Å². The van der Waals surface area contributed by atoms with Crippen LogP contribution < -0.4 is 19.5 Å². The monoisotopic (exact) mass is 432 g/mol. The molecule has 0 aliphatic rings. The third kappa shape index (κ3) is 4.23. The number of carbonyl (C=O) groups excluding carboxylic acids is 1. The van der Waals surface area contributed by atoms with Gasteiger partial charge in [-0.15, -0.1) is 17.9 Å². The minimum atomic E-state index is -0.743. The molecule has 3 rings (SSSR count). The van der Waals surface area contributed by atoms with Crippen LogP contribution in [0.25, 0.3) is 22.4 Å². The predicted molar refractivity (Wildman–Crippen MR) is 126 cm³/mol. The Morgan fingerprint density at radius 2 is 1.97 bits per heavy atom. The van der Waals surface area contributed by atoms with Gasteiger partial charge in [0.25, 0.3) is 5.56 Å². The number of thiazole rings is 1. The van der Waals surface area contributed by atoms with E-state index < -0.39 is 5.41 Å². The quantitative estimate of drug-likeness (QED) is 0.580. The number of rotatable bonds is 5. The number of aromatic nitrogens is 1. The number of fused-ring (bicyclic) bond motifs is 1. The molecule has 0 radical (unpaired) electrons. The van der Waals surface area contributed by atoms with E-state index in [1.165, 1.54) is 4.57 Å². The van der Waals surface area contributed by atoms with Gasteiger partial charge < -0.3 is 4.74 Å². The van der Waals surface area contributed by atoms with Crippen LogP contribution >= 0.6 is 11.3 Å². The van der Waals surface area contributed by atoms with E-state index in [9.17, 15) is 14.9 Å². The highest BCUT2D eigenvalue weighted by molar-refractivity contribution is 7.07. The molecule has 0 amide bonds. The van der Waals surface area contributed by atoms with Crippen LogP contribution in [0.1, 0.15) is 26.3 Å². The van der Waals surface area contributed by atoms with Crippen LogP contribution in [0, 0.1) is 16.7 Å². The maximum Gasteiger partial charge on any atom is 0.269 e. The molecule has 2 aromatic carbocycles. The van der Waals surface area contributed by atoms with Crippen LogP contribution in [-0.2, 0) is 11.3 Å². The van der Waals surface area contributed by atoms with Gasteiger partial charge >= 0.3 is 0 Å². The van der Waals surface area contributed by atoms with Crippen molar-refractivity contribution < 1.29 is 9.53 Å². The van der Waals surface area contributed by atoms with E-state index in [1.54, 1.807) is 40.0 Å². The second-order valence-electron chi connectivity index (χ2n) is 8.09. The first-order chi connectivity index (χ1) is 14.7. The summed E-state index contributed by atoms with van der Waals surface area (Å²) in [4.78, 5) is 26.1. The van der Waals surface area contributed by atoms with Crippen molar-refractivity contribution in [1.82, 2.24) is 4.57 Å². The summed E-state index contributed by atoms with van der Waals surface area (Å²) in [5.74, 6) is 0.335. The van der Waals surface area contributed by atoms with Crippen LogP contribution in [0.5, 0.6) is 5.75 Å². The van der Waals surface area contributed by atoms with Gasteiger partial charge in [0.15, 0.2) is 5.78 Å². The fraction of sp³-hybridized carbons (Fsp3) is 0.240. The van der Waals surface area contributed by atoms with Gasteiger partial charge in [0, 0.05) is 17.5 Å². The van der Waals surface area contributed by atoms with E-state index in [0.29, 0.717) is 14.9 Å². The normalized spacial score (nSPS) is 13.1. The molecule has 1 aromatic heterocycles. The molecule has 0 saturated heterocycles. The third-order valence-corrected chi connectivity index (χ3v) is 6.01. The SMILES string of the molecule is C=CCn1c(=O)/c(=C/c2c(OC)ccc3ccccc23)s/c1=C(/C#N)C(=O)C(C)(C)C. The summed E-state index contributed by atoms with van der Waals surface area (Å²) in [6.45, 7) is 9.18. The van der Waals surface area contributed by atoms with Crippen LogP contribution in [-0.4, -0.2) is 17.5 Å². The van der Waals surface area contributed by atoms with Crippen molar-refractivity contribution in [3.63, 3.8) is 0 Å². The lowest BCUT2D eigenvalue weighted by atomic mass is 9.87. The summed E-state index contributed by atoms with van der Waals surface area (Å²) in [7, 11) is 1.58. The van der Waals surface area contributed by atoms with Gasteiger partial charge in [-0.2, -0.15) is 5.26 Å². The lowest BCUT2D eigenvalue weighted by Gasteiger charge is -2.15. The largest absolute Gasteiger partial charge is 0.496 e. The Kier molecular flexibility index (Phi) is 6.28. The number of methoxy groups -OCH3 is 1. The molecule has 0 atom stereocenters. The number of hydrogen-bond acceptors (Lipinski definition) is 5. The topological polar surface area (TPSA) is 72.1 Å². The molecule has 0 saturated carbocycles. The van der Waals surface area contributed by atoms with Gasteiger partial charge in [0.2, 0.25) is 0 Å². The molecule has 0 aliphatic carbocycles. The second-order valence-corrected chi connectivity index (χ2v) is 9.12. The second kappa shape index (κ2) is 8.75. The standard InChI is InChI=1S/C25H24N2O3S/c1-6-13-27-23(29)21(31-24(27)19(15-26)22(28)25(2,3)4)14-18-17-10-8-7-9-16(17)11-12-20(18)30-5/h6-12,14H,1,13H2,2-5H3/b21-14-,24-19-. The maximum atomic E-state index is 13.2. The van der Waals surface area contributed by atoms with E-state index in [-0.39, 0.29) is 23.5 Å². The van der Waals surface area contributed by atoms with Gasteiger partial charge in [0.1, 0.15) is 22.1 Å². The molecule has 5 nitrogen and oxygen atoms in total. The van der Waals surface area contributed by atoms with Crippen molar-refractivity contribution in [2.75, 3.05) is 7.11 Å². The zero-order valence-corrected chi connectivity index (χ0v) is 18.9. The number of nitrogens with zero attached hydrogens (tertiary/aromatic N) is 2. The Labute approximate surface area is 184 Å². The van der Waals surface area contributed by atoms with Crippen LogP contribution in [0.15, 0.2) is 53.8 Å². The minimum absolute atomic E-state index is 0.0130. The maximum absolute atomic E-state index is 13.2. The fourth-order valence-electron chi connectivity index (χ4n) is 3.30. The number of ether oxygens (including phenoxy) is 1. The Morgan fingerprint density at radius 3 is 2.58 bits per heavy atom. The van der Waals surface area contributed by atoms with E-state index in [0.717, 1.165) is 27.7 Å². The number of allylic oxidation sites excluding steroid dienone is 1. The van der Waals surface area contributed by atoms with Crippen molar-refractivity contribution in [2.45, 2.75) is 27.3 Å². The fourth-order valence-corrected chi connectivity index (χ4v) is 4.40. The first-order valence-electron chi connectivity index (χ1n) is 9.80. The number of nitriles is 1. The summed E-state index contributed by atoms with van der Waals surface area (Å²) in [6.07, 6.45) is 3.35. The number of hydrogen-bond donors (Lipinski definition) is 0. The third-order valence-electron chi connectivity index (χ3n) is 4.88. The molecule has 0 fully saturated rings. The Bertz CT molecular complexity index is 1400. The molecule has 3 aromatic rings. The molecule has 6 heteroatoms. The Balaban J connectivity index is 2.44. The van der Waals surface area contributed by atoms with E-state index in [4.69, 9.17) is 4.74 Å². The Hall–Kier alpha value is -3.43. The lowest BCUT2D eigenvalue weighted by Crippen LogP contribution is -2.34. The average molecular weight is 433 g/mol. The first-order valence-corrected chi connectivity index (χ1v) is 10.6. The first kappa shape index (κ1) is 22.3. The van der Waals surface area contributed by atoms with Crippen molar-refractivity contribution in [1.29, 1.82) is 5.26 Å². The minimum Gasteiger partial charge on any atom is -0.496 e. The van der Waals surface area contributed by atoms with Crippen LogP contribution in [0.2, 0.25) is 0 Å². The number of benzene rings is 2. The highest BCUT2D eigenvalue weighted by Gasteiger charge is 2.27. The molecular weight excluding hydrogens is 408 g/mol. The zero-order valence-electron chi connectivity index (χ0n) is 18.1. The van der Waals surface area contributed by atoms with Crippen molar-refractivity contribution >= 4 is 39.5 Å². The van der Waals surface area contributed by atoms with Crippen molar-refractivity contribution in [3.8, 4) is 11.8 Å². The summed E-state index contributed by atoms with van der Waals surface area (Å²) in [6, 6.07) is 13.7. The molecule has 158 valence electrons. The van der Waals surface area contributed by atoms with Gasteiger partial charge in [-0.25, -0.2) is 0 Å². The number of Topliss-reactive ketones (excluding diaryl/α,β-unsaturated/α-hetero) is 1. The lowest BCUT2D eigenvalue weighted by molar-refractivity contribution is -0.120. The number of ketones is 1. The van der Waals surface area contributed by atoms with E-state index in [2.05, 4.69) is 6.58 Å². The molecule has 0 spiro atoms. The summed E-state index contributed by atoms with van der Waals surface area (Å²) in [5.41, 5.74) is -0.255. The predicted octanol–water partition coefficient (Wildman–Crippen LogP) is 3.38. The molecule has 31 heavy (non-hydrogen) atoms. The smallest absolute Gasteiger partial charge is 0.269 e. The molecule has 0 bridgehead atoms. The summed E-state index contributed by atoms with van der Waals surface area (Å²) in [5, 5.41) is 11.7. The highest BCUT2D eigenvalue weighted by atomic mass is 32.1. The van der Waals surface area contributed by atoms with Crippen molar-refractivity contribution in [3.05, 3.63) is 74.2 Å². The van der Waals surface area contributed by atoms with Crippen LogP contribution in [0.3, 0.4) is 0 Å². The van der Waals surface area contributed by atoms with Crippen LogP contribution in [0.4, 0.5) is 0 Å². The van der Waals surface area contributed by atoms with E-state index in [1.807, 2.05) is 42.5 Å². The average Bonchev–Trinajstić information content (AvgIpc) is 3.04. The molecular formula is C25H24N2O3S. The molecule has 0 aliphatic heterocycles. The molecule has 1 heterocycles. The van der Waals surface area contributed by atoms with Crippen molar-refractivity contribution in [2.24, 2.45) is 5.41 Å². The number of carbonyl (C=O) groups is 1. The molecule has 0 N–H and O–H groups in total. The summed E-state index contributed by atoms with van der Waals surface area (Å²) >= 11 is 1.14. The van der Waals surface area contributed by atoms with Gasteiger partial charge in [-0.05, 0) is 22.9 Å². The van der Waals surface area contributed by atoms with E-state index >= 15 is 0 Å². The van der Waals surface area contributed by atoms with Gasteiger partial charge in [0.05, 0.1) is 11.6 Å². The zero-order chi connectivity index (χ0) is 22.8. The van der Waals surface area contributed by atoms with Gasteiger partial charge in [-0.1, -0.05) is 57.2 Å². The molecule has 0 unspecified atom stereocenters. The summed E-state index contributed by atoms with van der Waals surface area (Å²) < 4.78 is 7.73. The Morgan fingerprint density at radius 1 is 1.26 bits per heavy atom. The highest BCUT2D eigenvalue weighted by Crippen LogP contribution is 2.28.